The van der Waals surface area contributed by atoms with Crippen LogP contribution in [0.25, 0.3) is 10.9 Å². The van der Waals surface area contributed by atoms with E-state index < -0.39 is 17.6 Å². The van der Waals surface area contributed by atoms with Gasteiger partial charge in [-0.15, -0.1) is 0 Å². The first-order valence-electron chi connectivity index (χ1n) is 6.31. The molecular weight excluding hydrogens is 276 g/mol. The van der Waals surface area contributed by atoms with Gasteiger partial charge in [-0.25, -0.2) is 13.6 Å². The van der Waals surface area contributed by atoms with Crippen molar-refractivity contribution in [3.8, 4) is 0 Å². The molecule has 0 aliphatic heterocycles. The fourth-order valence-corrected chi connectivity index (χ4v) is 2.29. The van der Waals surface area contributed by atoms with Crippen LogP contribution >= 0.6 is 0 Å². The number of fused-ring (bicyclic) bond motifs is 1. The monoisotopic (exact) mass is 287 g/mol. The zero-order chi connectivity index (χ0) is 15.0. The molecule has 106 valence electrons. The summed E-state index contributed by atoms with van der Waals surface area (Å²) in [5.41, 5.74) is 1.20. The molecule has 0 spiro atoms. The zero-order valence-corrected chi connectivity index (χ0v) is 10.9. The molecule has 3 nitrogen and oxygen atoms in total. The smallest absolute Gasteiger partial charge is 0.335 e. The number of benzene rings is 2. The van der Waals surface area contributed by atoms with E-state index in [2.05, 4.69) is 0 Å². The Balaban J connectivity index is 2.04. The molecule has 21 heavy (non-hydrogen) atoms. The molecule has 0 aliphatic carbocycles. The summed E-state index contributed by atoms with van der Waals surface area (Å²) >= 11 is 0. The third-order valence-electron chi connectivity index (χ3n) is 3.38. The highest BCUT2D eigenvalue weighted by Gasteiger charge is 2.09. The maximum absolute atomic E-state index is 13.7. The van der Waals surface area contributed by atoms with Gasteiger partial charge in [0.2, 0.25) is 0 Å². The first-order valence-corrected chi connectivity index (χ1v) is 6.31. The molecule has 0 radical (unpaired) electrons. The minimum absolute atomic E-state index is 0.169. The van der Waals surface area contributed by atoms with Crippen LogP contribution in [-0.4, -0.2) is 15.6 Å². The number of rotatable bonds is 3. The van der Waals surface area contributed by atoms with E-state index in [1.54, 1.807) is 22.9 Å². The van der Waals surface area contributed by atoms with E-state index in [1.165, 1.54) is 18.2 Å². The van der Waals surface area contributed by atoms with Gasteiger partial charge in [0.25, 0.3) is 0 Å². The van der Waals surface area contributed by atoms with Gasteiger partial charge in [-0.05, 0) is 29.7 Å². The lowest BCUT2D eigenvalue weighted by Crippen LogP contribution is -2.02. The van der Waals surface area contributed by atoms with Crippen LogP contribution in [0.5, 0.6) is 0 Å². The Labute approximate surface area is 119 Å². The van der Waals surface area contributed by atoms with Crippen molar-refractivity contribution in [3.05, 3.63) is 71.4 Å². The van der Waals surface area contributed by atoms with Gasteiger partial charge in [0.05, 0.1) is 12.1 Å². The second-order valence-corrected chi connectivity index (χ2v) is 4.76. The summed E-state index contributed by atoms with van der Waals surface area (Å²) in [6.45, 7) is 0.207. The van der Waals surface area contributed by atoms with E-state index in [1.807, 2.05) is 6.07 Å². The molecule has 1 aromatic heterocycles. The van der Waals surface area contributed by atoms with E-state index in [0.29, 0.717) is 11.1 Å². The normalized spacial score (nSPS) is 11.0. The average Bonchev–Trinajstić information content (AvgIpc) is 2.84. The number of carboxylic acids is 1. The lowest BCUT2D eigenvalue weighted by molar-refractivity contribution is 0.0697. The molecule has 0 fully saturated rings. The van der Waals surface area contributed by atoms with Crippen molar-refractivity contribution in [2.45, 2.75) is 6.54 Å². The fourth-order valence-electron chi connectivity index (χ4n) is 2.29. The number of aromatic nitrogens is 1. The molecule has 1 heterocycles. The Morgan fingerprint density at radius 2 is 1.90 bits per heavy atom. The van der Waals surface area contributed by atoms with Crippen molar-refractivity contribution in [3.63, 3.8) is 0 Å². The van der Waals surface area contributed by atoms with Gasteiger partial charge in [0, 0.05) is 23.3 Å². The van der Waals surface area contributed by atoms with Crippen LogP contribution in [0.3, 0.4) is 0 Å². The van der Waals surface area contributed by atoms with E-state index >= 15 is 0 Å². The summed E-state index contributed by atoms with van der Waals surface area (Å²) in [7, 11) is 0. The van der Waals surface area contributed by atoms with Crippen molar-refractivity contribution in [2.24, 2.45) is 0 Å². The molecule has 1 N–H and O–H groups in total. The number of carbonyl (C=O) groups is 1. The Kier molecular flexibility index (Phi) is 3.17. The highest BCUT2D eigenvalue weighted by Crippen LogP contribution is 2.20. The van der Waals surface area contributed by atoms with E-state index in [9.17, 15) is 13.6 Å². The van der Waals surface area contributed by atoms with Gasteiger partial charge in [0.15, 0.2) is 0 Å². The third kappa shape index (κ3) is 2.50. The van der Waals surface area contributed by atoms with E-state index in [-0.39, 0.29) is 12.1 Å². The average molecular weight is 287 g/mol. The maximum atomic E-state index is 13.7. The van der Waals surface area contributed by atoms with Crippen molar-refractivity contribution in [1.29, 1.82) is 0 Å². The predicted octanol–water partition coefficient (Wildman–Crippen LogP) is 3.67. The van der Waals surface area contributed by atoms with Gasteiger partial charge in [0.1, 0.15) is 11.6 Å². The standard InChI is InChI=1S/C16H11F2NO2/c17-13-4-3-12(14(18)8-13)9-19-6-5-10-1-2-11(16(20)21)7-15(10)19/h1-8H,9H2,(H,20,21). The van der Waals surface area contributed by atoms with Crippen LogP contribution in [0, 0.1) is 11.6 Å². The lowest BCUT2D eigenvalue weighted by Gasteiger charge is -2.07. The molecule has 0 unspecified atom stereocenters. The predicted molar refractivity (Wildman–Crippen MR) is 74.4 cm³/mol. The van der Waals surface area contributed by atoms with Crippen LogP contribution in [0.1, 0.15) is 15.9 Å². The summed E-state index contributed by atoms with van der Waals surface area (Å²) in [5.74, 6) is -2.26. The van der Waals surface area contributed by atoms with Crippen LogP contribution in [0.15, 0.2) is 48.7 Å². The van der Waals surface area contributed by atoms with Gasteiger partial charge >= 0.3 is 5.97 Å². The van der Waals surface area contributed by atoms with Crippen molar-refractivity contribution in [1.82, 2.24) is 4.57 Å². The molecule has 0 aliphatic rings. The summed E-state index contributed by atoms with van der Waals surface area (Å²) in [6.07, 6.45) is 1.75. The Morgan fingerprint density at radius 3 is 2.62 bits per heavy atom. The number of nitrogens with zero attached hydrogens (tertiary/aromatic N) is 1. The number of hydrogen-bond donors (Lipinski definition) is 1. The zero-order valence-electron chi connectivity index (χ0n) is 10.9. The summed E-state index contributed by atoms with van der Waals surface area (Å²) in [6, 6.07) is 10.0. The van der Waals surface area contributed by atoms with Gasteiger partial charge < -0.3 is 9.67 Å². The maximum Gasteiger partial charge on any atom is 0.335 e. The fraction of sp³-hybridized carbons (Fsp3) is 0.0625. The SMILES string of the molecule is O=C(O)c1ccc2ccn(Cc3ccc(F)cc3F)c2c1. The first-order chi connectivity index (χ1) is 10.0. The van der Waals surface area contributed by atoms with Crippen LogP contribution in [-0.2, 0) is 6.54 Å². The largest absolute Gasteiger partial charge is 0.478 e. The Bertz CT molecular complexity index is 839. The second kappa shape index (κ2) is 5.01. The number of hydrogen-bond acceptors (Lipinski definition) is 1. The highest BCUT2D eigenvalue weighted by atomic mass is 19.1. The topological polar surface area (TPSA) is 42.2 Å². The van der Waals surface area contributed by atoms with Crippen molar-refractivity contribution >= 4 is 16.9 Å². The second-order valence-electron chi connectivity index (χ2n) is 4.76. The number of carboxylic acid groups (broad SMARTS) is 1. The molecule has 0 saturated heterocycles. The first kappa shape index (κ1) is 13.3. The number of halogens is 2. The van der Waals surface area contributed by atoms with Crippen LogP contribution in [0.4, 0.5) is 8.78 Å². The molecule has 0 saturated carbocycles. The minimum Gasteiger partial charge on any atom is -0.478 e. The molecule has 3 aromatic rings. The molecule has 0 amide bonds. The highest BCUT2D eigenvalue weighted by molar-refractivity contribution is 5.93. The quantitative estimate of drug-likeness (QED) is 0.798. The Morgan fingerprint density at radius 1 is 1.10 bits per heavy atom. The summed E-state index contributed by atoms with van der Waals surface area (Å²) in [4.78, 5) is 11.0. The van der Waals surface area contributed by atoms with Crippen LogP contribution < -0.4 is 0 Å². The van der Waals surface area contributed by atoms with E-state index in [0.717, 1.165) is 11.5 Å². The molecule has 2 aromatic carbocycles. The molecule has 0 bridgehead atoms. The van der Waals surface area contributed by atoms with Gasteiger partial charge in [-0.1, -0.05) is 12.1 Å². The Hall–Kier alpha value is -2.69. The molecular formula is C16H11F2NO2. The van der Waals surface area contributed by atoms with Crippen molar-refractivity contribution in [2.75, 3.05) is 0 Å². The van der Waals surface area contributed by atoms with Crippen LogP contribution in [0.2, 0.25) is 0 Å². The molecule has 0 atom stereocenters. The van der Waals surface area contributed by atoms with Gasteiger partial charge in [-0.2, -0.15) is 0 Å². The molecule has 5 heteroatoms. The van der Waals surface area contributed by atoms with Crippen molar-refractivity contribution < 1.29 is 18.7 Å². The summed E-state index contributed by atoms with van der Waals surface area (Å²) < 4.78 is 28.3. The lowest BCUT2D eigenvalue weighted by atomic mass is 10.1. The number of aromatic carboxylic acids is 1. The summed E-state index contributed by atoms with van der Waals surface area (Å²) in [5, 5.41) is 9.89. The van der Waals surface area contributed by atoms with Gasteiger partial charge in [-0.3, -0.25) is 0 Å². The minimum atomic E-state index is -1.02. The van der Waals surface area contributed by atoms with E-state index in [4.69, 9.17) is 5.11 Å². The third-order valence-corrected chi connectivity index (χ3v) is 3.38. The molecule has 3 rings (SSSR count).